The fourth-order valence-corrected chi connectivity index (χ4v) is 2.39. The summed E-state index contributed by atoms with van der Waals surface area (Å²) in [5.41, 5.74) is 1.08. The van der Waals surface area contributed by atoms with Gasteiger partial charge in [0.25, 0.3) is 0 Å². The van der Waals surface area contributed by atoms with Gasteiger partial charge in [0.2, 0.25) is 0 Å². The lowest BCUT2D eigenvalue weighted by molar-refractivity contribution is 0.509. The molecular weight excluding hydrogens is 215 g/mol. The smallest absolute Gasteiger partial charge is 0.123 e. The van der Waals surface area contributed by atoms with Crippen LogP contribution in [0, 0.1) is 5.82 Å². The van der Waals surface area contributed by atoms with Gasteiger partial charge in [-0.15, -0.1) is 0 Å². The molecule has 0 amide bonds. The number of nitrogens with zero attached hydrogens (tertiary/aromatic N) is 1. The first-order chi connectivity index (χ1) is 8.25. The van der Waals surface area contributed by atoms with Crippen LogP contribution in [0.15, 0.2) is 24.3 Å². The minimum absolute atomic E-state index is 0.172. The molecule has 2 nitrogen and oxygen atoms in total. The fraction of sp³-hybridized carbons (Fsp3) is 0.571. The van der Waals surface area contributed by atoms with Crippen molar-refractivity contribution in [3.05, 3.63) is 30.1 Å². The summed E-state index contributed by atoms with van der Waals surface area (Å²) in [5.74, 6) is -0.172. The summed E-state index contributed by atoms with van der Waals surface area (Å²) in [6.45, 7) is 2.12. The zero-order valence-corrected chi connectivity index (χ0v) is 10.5. The zero-order chi connectivity index (χ0) is 12.1. The lowest BCUT2D eigenvalue weighted by Crippen LogP contribution is -2.39. The third-order valence-corrected chi connectivity index (χ3v) is 3.42. The van der Waals surface area contributed by atoms with Crippen LogP contribution < -0.4 is 10.2 Å². The maximum Gasteiger partial charge on any atom is 0.123 e. The quantitative estimate of drug-likeness (QED) is 0.868. The van der Waals surface area contributed by atoms with Crippen LogP contribution in [-0.2, 0) is 0 Å². The molecule has 0 aromatic heterocycles. The topological polar surface area (TPSA) is 15.3 Å². The maximum absolute atomic E-state index is 12.8. The van der Waals surface area contributed by atoms with Crippen LogP contribution in [0.3, 0.4) is 0 Å². The number of nitrogens with one attached hydrogen (secondary N) is 1. The molecule has 17 heavy (non-hydrogen) atoms. The van der Waals surface area contributed by atoms with Gasteiger partial charge in [-0.1, -0.05) is 12.8 Å². The molecule has 0 bridgehead atoms. The highest BCUT2D eigenvalue weighted by Gasteiger charge is 2.13. The van der Waals surface area contributed by atoms with Gasteiger partial charge in [0, 0.05) is 25.3 Å². The second kappa shape index (κ2) is 6.01. The summed E-state index contributed by atoms with van der Waals surface area (Å²) in [6, 6.07) is 7.28. The average molecular weight is 236 g/mol. The van der Waals surface area contributed by atoms with E-state index in [4.69, 9.17) is 0 Å². The molecule has 1 aliphatic rings. The summed E-state index contributed by atoms with van der Waals surface area (Å²) < 4.78 is 12.8. The Kier molecular flexibility index (Phi) is 4.37. The Morgan fingerprint density at radius 3 is 2.76 bits per heavy atom. The number of rotatable bonds is 3. The molecular formula is C14H21FN2. The molecule has 1 atom stereocenters. The molecule has 2 rings (SSSR count). The van der Waals surface area contributed by atoms with Crippen LogP contribution in [0.25, 0.3) is 0 Å². The second-order valence-electron chi connectivity index (χ2n) is 4.86. The number of hydrogen-bond acceptors (Lipinski definition) is 2. The fourth-order valence-electron chi connectivity index (χ4n) is 2.39. The lowest BCUT2D eigenvalue weighted by atomic mass is 10.1. The van der Waals surface area contributed by atoms with E-state index in [9.17, 15) is 4.39 Å². The van der Waals surface area contributed by atoms with Crippen molar-refractivity contribution in [2.24, 2.45) is 0 Å². The Morgan fingerprint density at radius 2 is 2.00 bits per heavy atom. The Balaban J connectivity index is 1.91. The molecule has 0 saturated carbocycles. The predicted molar refractivity (Wildman–Crippen MR) is 69.9 cm³/mol. The van der Waals surface area contributed by atoms with Crippen LogP contribution in [0.1, 0.15) is 25.7 Å². The first-order valence-corrected chi connectivity index (χ1v) is 6.46. The van der Waals surface area contributed by atoms with E-state index < -0.39 is 0 Å². The minimum Gasteiger partial charge on any atom is -0.373 e. The van der Waals surface area contributed by atoms with Gasteiger partial charge >= 0.3 is 0 Å². The van der Waals surface area contributed by atoms with Gasteiger partial charge in [-0.2, -0.15) is 0 Å². The Morgan fingerprint density at radius 1 is 1.24 bits per heavy atom. The van der Waals surface area contributed by atoms with Gasteiger partial charge in [0.1, 0.15) is 5.82 Å². The van der Waals surface area contributed by atoms with E-state index in [0.717, 1.165) is 18.8 Å². The third-order valence-electron chi connectivity index (χ3n) is 3.42. The third kappa shape index (κ3) is 3.70. The highest BCUT2D eigenvalue weighted by molar-refractivity contribution is 5.45. The molecule has 3 heteroatoms. The number of benzene rings is 1. The van der Waals surface area contributed by atoms with Crippen molar-refractivity contribution in [3.8, 4) is 0 Å². The summed E-state index contributed by atoms with van der Waals surface area (Å²) >= 11 is 0. The van der Waals surface area contributed by atoms with Crippen molar-refractivity contribution in [1.82, 2.24) is 5.32 Å². The van der Waals surface area contributed by atoms with E-state index >= 15 is 0 Å². The average Bonchev–Trinajstić information content (AvgIpc) is 2.58. The molecule has 94 valence electrons. The van der Waals surface area contributed by atoms with Gasteiger partial charge in [-0.3, -0.25) is 0 Å². The molecule has 0 spiro atoms. The summed E-state index contributed by atoms with van der Waals surface area (Å²) in [5, 5.41) is 3.58. The highest BCUT2D eigenvalue weighted by Crippen LogP contribution is 2.15. The van der Waals surface area contributed by atoms with E-state index in [1.807, 2.05) is 12.1 Å². The predicted octanol–water partition coefficient (Wildman–Crippen LogP) is 2.79. The van der Waals surface area contributed by atoms with Crippen LogP contribution >= 0.6 is 0 Å². The molecule has 1 heterocycles. The first kappa shape index (κ1) is 12.4. The van der Waals surface area contributed by atoms with Crippen molar-refractivity contribution in [3.63, 3.8) is 0 Å². The molecule has 1 aromatic carbocycles. The Bertz CT molecular complexity index is 329. The van der Waals surface area contributed by atoms with Crippen LogP contribution in [0.2, 0.25) is 0 Å². The van der Waals surface area contributed by atoms with Gasteiger partial charge in [-0.05, 0) is 43.7 Å². The molecule has 0 aliphatic carbocycles. The summed E-state index contributed by atoms with van der Waals surface area (Å²) in [6.07, 6.45) is 5.18. The van der Waals surface area contributed by atoms with E-state index in [1.165, 1.54) is 37.8 Å². The van der Waals surface area contributed by atoms with Gasteiger partial charge in [0.05, 0.1) is 0 Å². The monoisotopic (exact) mass is 236 g/mol. The Hall–Kier alpha value is -1.09. The van der Waals surface area contributed by atoms with E-state index in [-0.39, 0.29) is 5.82 Å². The zero-order valence-electron chi connectivity index (χ0n) is 10.5. The molecule has 1 aromatic rings. The number of anilines is 1. The molecule has 1 N–H and O–H groups in total. The number of hydrogen-bond donors (Lipinski definition) is 1. The van der Waals surface area contributed by atoms with Gasteiger partial charge in [0.15, 0.2) is 0 Å². The van der Waals surface area contributed by atoms with Crippen molar-refractivity contribution in [2.45, 2.75) is 31.7 Å². The van der Waals surface area contributed by atoms with Crippen molar-refractivity contribution in [1.29, 1.82) is 0 Å². The van der Waals surface area contributed by atoms with Crippen molar-refractivity contribution < 1.29 is 4.39 Å². The van der Waals surface area contributed by atoms with Crippen LogP contribution in [0.4, 0.5) is 10.1 Å². The molecule has 1 saturated heterocycles. The minimum atomic E-state index is -0.172. The van der Waals surface area contributed by atoms with E-state index in [1.54, 1.807) is 0 Å². The van der Waals surface area contributed by atoms with Gasteiger partial charge in [-0.25, -0.2) is 4.39 Å². The first-order valence-electron chi connectivity index (χ1n) is 6.46. The highest BCUT2D eigenvalue weighted by atomic mass is 19.1. The van der Waals surface area contributed by atoms with E-state index in [2.05, 4.69) is 17.3 Å². The van der Waals surface area contributed by atoms with Crippen molar-refractivity contribution in [2.75, 3.05) is 25.0 Å². The molecule has 0 radical (unpaired) electrons. The molecule has 1 aliphatic heterocycles. The number of likely N-dealkylation sites (N-methyl/N-ethyl adjacent to an activating group) is 1. The normalized spacial score (nSPS) is 20.9. The van der Waals surface area contributed by atoms with Crippen LogP contribution in [0.5, 0.6) is 0 Å². The second-order valence-corrected chi connectivity index (χ2v) is 4.86. The molecule has 1 fully saturated rings. The number of halogens is 1. The molecule has 1 unspecified atom stereocenters. The Labute approximate surface area is 103 Å². The summed E-state index contributed by atoms with van der Waals surface area (Å²) in [4.78, 5) is 2.20. The van der Waals surface area contributed by atoms with Crippen LogP contribution in [-0.4, -0.2) is 26.2 Å². The maximum atomic E-state index is 12.8. The standard InChI is InChI=1S/C14H21FN2/c1-17(14-8-6-12(15)7-9-14)11-13-5-3-2-4-10-16-13/h6-9,13,16H,2-5,10-11H2,1H3. The summed E-state index contributed by atoms with van der Waals surface area (Å²) in [7, 11) is 2.07. The van der Waals surface area contributed by atoms with Gasteiger partial charge < -0.3 is 10.2 Å². The van der Waals surface area contributed by atoms with E-state index in [0.29, 0.717) is 6.04 Å². The SMILES string of the molecule is CN(CC1CCCCCN1)c1ccc(F)cc1. The lowest BCUT2D eigenvalue weighted by Gasteiger charge is -2.25. The largest absolute Gasteiger partial charge is 0.373 e. The van der Waals surface area contributed by atoms with Crippen molar-refractivity contribution >= 4 is 5.69 Å².